The molecule has 15 heteroatoms. The summed E-state index contributed by atoms with van der Waals surface area (Å²) in [6.45, 7) is 5.07. The highest BCUT2D eigenvalue weighted by molar-refractivity contribution is 7.91. The van der Waals surface area contributed by atoms with Gasteiger partial charge in [0, 0.05) is 23.9 Å². The zero-order valence-electron chi connectivity index (χ0n) is 28.5. The lowest BCUT2D eigenvalue weighted by Crippen LogP contribution is -2.58. The SMILES string of the molecule is CC(C)(C)OC(=O)N[C@H]1CCCCC/C=C\[C@@H]2C[C@@]2(C(=O)NS(=O)(=O)C2CC2)NC(=O)[C@@H]2C[C@@H](NC(=O)c3cc4ccccc4o3)CN2C1=O. The van der Waals surface area contributed by atoms with Crippen LogP contribution in [0.25, 0.3) is 11.0 Å². The molecule has 2 saturated carbocycles. The summed E-state index contributed by atoms with van der Waals surface area (Å²) in [7, 11) is -3.90. The minimum Gasteiger partial charge on any atom is -0.451 e. The van der Waals surface area contributed by atoms with Crippen LogP contribution in [0.15, 0.2) is 46.9 Å². The van der Waals surface area contributed by atoms with Gasteiger partial charge in [0.25, 0.3) is 11.8 Å². The van der Waals surface area contributed by atoms with Crippen LogP contribution in [0.1, 0.15) is 89.1 Å². The molecule has 1 aromatic carbocycles. The molecule has 0 unspecified atom stereocenters. The maximum absolute atomic E-state index is 14.3. The Hall–Kier alpha value is -4.40. The first kappa shape index (κ1) is 35.4. The van der Waals surface area contributed by atoms with Gasteiger partial charge < -0.3 is 30.0 Å². The van der Waals surface area contributed by atoms with Crippen LogP contribution in [0.4, 0.5) is 4.79 Å². The maximum atomic E-state index is 14.3. The number of sulfonamides is 1. The molecule has 14 nitrogen and oxygen atoms in total. The van der Waals surface area contributed by atoms with Crippen molar-refractivity contribution in [3.05, 3.63) is 48.2 Å². The summed E-state index contributed by atoms with van der Waals surface area (Å²) in [5.41, 5.74) is -1.80. The van der Waals surface area contributed by atoms with Crippen LogP contribution in [-0.4, -0.2) is 84.1 Å². The summed E-state index contributed by atoms with van der Waals surface area (Å²) in [5, 5.41) is 8.49. The van der Waals surface area contributed by atoms with Crippen molar-refractivity contribution in [2.75, 3.05) is 6.54 Å². The summed E-state index contributed by atoms with van der Waals surface area (Å²) < 4.78 is 38.8. The van der Waals surface area contributed by atoms with Crippen molar-refractivity contribution in [1.82, 2.24) is 25.6 Å². The predicted octanol–water partition coefficient (Wildman–Crippen LogP) is 3.03. The van der Waals surface area contributed by atoms with Crippen LogP contribution in [-0.2, 0) is 29.1 Å². The smallest absolute Gasteiger partial charge is 0.408 e. The molecule has 0 bridgehead atoms. The molecule has 270 valence electrons. The number of ether oxygens (including phenoxy) is 1. The molecule has 2 aliphatic carbocycles. The standard InChI is InChI=1S/C35H45N5O9S/c1-34(2,3)49-33(45)37-25-13-8-6-4-5-7-12-22-19-35(22,32(44)39-50(46,47)24-15-16-24)38-29(41)26-18-23(20-40(26)31(25)43)36-30(42)28-17-21-11-9-10-14-27(21)48-28/h7,9-12,14,17,22-26H,4-6,8,13,15-16,18-20H2,1-3H3,(H,36,42)(H,37,45)(H,38,41)(H,39,44)/b12-7-/t22-,23-,25+,26+,35-/m1/s1. The van der Waals surface area contributed by atoms with E-state index in [-0.39, 0.29) is 31.6 Å². The molecule has 0 spiro atoms. The van der Waals surface area contributed by atoms with E-state index in [1.165, 1.54) is 4.90 Å². The van der Waals surface area contributed by atoms with E-state index in [9.17, 15) is 32.4 Å². The van der Waals surface area contributed by atoms with Crippen molar-refractivity contribution >= 4 is 50.7 Å². The van der Waals surface area contributed by atoms with E-state index in [2.05, 4.69) is 20.7 Å². The number of alkyl carbamates (subject to hydrolysis) is 1. The summed E-state index contributed by atoms with van der Waals surface area (Å²) in [4.78, 5) is 69.5. The third-order valence-electron chi connectivity index (χ3n) is 9.56. The van der Waals surface area contributed by atoms with Gasteiger partial charge in [-0.1, -0.05) is 43.2 Å². The fourth-order valence-corrected chi connectivity index (χ4v) is 8.07. The molecule has 0 radical (unpaired) electrons. The number of amides is 5. The second kappa shape index (κ2) is 13.7. The molecule has 3 fully saturated rings. The van der Waals surface area contributed by atoms with Crippen LogP contribution >= 0.6 is 0 Å². The molecule has 1 saturated heterocycles. The molecule has 1 aromatic heterocycles. The number of para-hydroxylation sites is 1. The minimum absolute atomic E-state index is 0.00127. The van der Waals surface area contributed by atoms with Gasteiger partial charge in [-0.25, -0.2) is 13.2 Å². The number of fused-ring (bicyclic) bond motifs is 3. The Morgan fingerprint density at radius 2 is 1.80 bits per heavy atom. The average molecular weight is 712 g/mol. The first-order chi connectivity index (χ1) is 23.6. The first-order valence-electron chi connectivity index (χ1n) is 17.3. The first-order valence-corrected chi connectivity index (χ1v) is 18.8. The van der Waals surface area contributed by atoms with Gasteiger partial charge in [-0.3, -0.25) is 23.9 Å². The van der Waals surface area contributed by atoms with Gasteiger partial charge in [0.1, 0.15) is 28.8 Å². The van der Waals surface area contributed by atoms with Crippen molar-refractivity contribution < 1.29 is 41.5 Å². The molecule has 3 heterocycles. The number of furan rings is 1. The molecule has 4 N–H and O–H groups in total. The van der Waals surface area contributed by atoms with Crippen molar-refractivity contribution in [2.24, 2.45) is 5.92 Å². The number of rotatable bonds is 6. The zero-order chi connectivity index (χ0) is 35.8. The Labute approximate surface area is 291 Å². The number of nitrogens with zero attached hydrogens (tertiary/aromatic N) is 1. The molecule has 6 rings (SSSR count). The second-order valence-corrected chi connectivity index (χ2v) is 16.7. The minimum atomic E-state index is -3.90. The summed E-state index contributed by atoms with van der Waals surface area (Å²) in [6.07, 6.45) is 7.20. The van der Waals surface area contributed by atoms with Crippen molar-refractivity contribution in [2.45, 2.75) is 113 Å². The normalized spacial score (nSPS) is 28.3. The Morgan fingerprint density at radius 1 is 1.04 bits per heavy atom. The van der Waals surface area contributed by atoms with E-state index in [1.54, 1.807) is 39.0 Å². The van der Waals surface area contributed by atoms with Gasteiger partial charge >= 0.3 is 6.09 Å². The van der Waals surface area contributed by atoms with Gasteiger partial charge in [0.05, 0.1) is 5.25 Å². The van der Waals surface area contributed by atoms with Crippen molar-refractivity contribution in [1.29, 1.82) is 0 Å². The average Bonchev–Trinajstić information content (AvgIpc) is 3.92. The highest BCUT2D eigenvalue weighted by atomic mass is 32.2. The van der Waals surface area contributed by atoms with Gasteiger partial charge in [-0.15, -0.1) is 0 Å². The molecule has 5 amide bonds. The van der Waals surface area contributed by atoms with Crippen LogP contribution in [0, 0.1) is 5.92 Å². The van der Waals surface area contributed by atoms with Gasteiger partial charge in [0.15, 0.2) is 5.76 Å². The fourth-order valence-electron chi connectivity index (χ4n) is 6.71. The number of nitrogens with one attached hydrogen (secondary N) is 4. The highest BCUT2D eigenvalue weighted by Gasteiger charge is 2.62. The monoisotopic (exact) mass is 711 g/mol. The molecular weight excluding hydrogens is 666 g/mol. The third-order valence-corrected chi connectivity index (χ3v) is 11.4. The third kappa shape index (κ3) is 7.98. The number of benzene rings is 1. The van der Waals surface area contributed by atoms with Crippen molar-refractivity contribution in [3.8, 4) is 0 Å². The Kier molecular flexibility index (Phi) is 9.72. The van der Waals surface area contributed by atoms with Crippen LogP contribution in [0.5, 0.6) is 0 Å². The molecular formula is C35H45N5O9S. The fraction of sp³-hybridized carbons (Fsp3) is 0.571. The second-order valence-electron chi connectivity index (χ2n) is 14.8. The van der Waals surface area contributed by atoms with E-state index in [0.717, 1.165) is 18.2 Å². The summed E-state index contributed by atoms with van der Waals surface area (Å²) in [5.74, 6) is -2.92. The van der Waals surface area contributed by atoms with Gasteiger partial charge in [-0.2, -0.15) is 0 Å². The van der Waals surface area contributed by atoms with Crippen molar-refractivity contribution in [3.63, 3.8) is 0 Å². The Bertz CT molecular complexity index is 1780. The molecule has 2 aromatic rings. The summed E-state index contributed by atoms with van der Waals surface area (Å²) in [6, 6.07) is 5.90. The Balaban J connectivity index is 1.27. The van der Waals surface area contributed by atoms with E-state index >= 15 is 0 Å². The van der Waals surface area contributed by atoms with E-state index in [0.29, 0.717) is 31.3 Å². The van der Waals surface area contributed by atoms with Crippen LogP contribution in [0.3, 0.4) is 0 Å². The topological polar surface area (TPSA) is 193 Å². The van der Waals surface area contributed by atoms with Gasteiger partial charge in [-0.05, 0) is 77.8 Å². The maximum Gasteiger partial charge on any atom is 0.408 e. The summed E-state index contributed by atoms with van der Waals surface area (Å²) >= 11 is 0. The molecule has 5 atom stereocenters. The van der Waals surface area contributed by atoms with E-state index < -0.39 is 80.2 Å². The largest absolute Gasteiger partial charge is 0.451 e. The lowest BCUT2D eigenvalue weighted by molar-refractivity contribution is -0.141. The predicted molar refractivity (Wildman–Crippen MR) is 182 cm³/mol. The lowest BCUT2D eigenvalue weighted by Gasteiger charge is -2.30. The quantitative estimate of drug-likeness (QED) is 0.326. The van der Waals surface area contributed by atoms with E-state index in [1.807, 2.05) is 24.3 Å². The van der Waals surface area contributed by atoms with E-state index in [4.69, 9.17) is 9.15 Å². The molecule has 4 aliphatic rings. The number of hydrogen-bond donors (Lipinski definition) is 4. The Morgan fingerprint density at radius 3 is 2.52 bits per heavy atom. The number of allylic oxidation sites excluding steroid dienone is 1. The van der Waals surface area contributed by atoms with Gasteiger partial charge in [0.2, 0.25) is 21.8 Å². The number of carbonyl (C=O) groups excluding carboxylic acids is 5. The lowest BCUT2D eigenvalue weighted by atomic mass is 10.0. The number of carbonyl (C=O) groups is 5. The van der Waals surface area contributed by atoms with Crippen LogP contribution < -0.4 is 20.7 Å². The number of hydrogen-bond acceptors (Lipinski definition) is 9. The molecule has 50 heavy (non-hydrogen) atoms. The molecule has 2 aliphatic heterocycles. The zero-order valence-corrected chi connectivity index (χ0v) is 29.3. The van der Waals surface area contributed by atoms with Crippen LogP contribution in [0.2, 0.25) is 0 Å². The highest BCUT2D eigenvalue weighted by Crippen LogP contribution is 2.46.